The summed E-state index contributed by atoms with van der Waals surface area (Å²) in [6.45, 7) is 9.15. The molecule has 0 bridgehead atoms. The normalized spacial score (nSPS) is 15.3. The van der Waals surface area contributed by atoms with Crippen LogP contribution in [0.2, 0.25) is 0 Å². The predicted octanol–water partition coefficient (Wildman–Crippen LogP) is 15.9. The van der Waals surface area contributed by atoms with E-state index in [1.807, 2.05) is 30.5 Å². The molecule has 0 saturated carbocycles. The van der Waals surface area contributed by atoms with Crippen molar-refractivity contribution in [3.63, 3.8) is 0 Å². The van der Waals surface area contributed by atoms with E-state index in [9.17, 15) is 0 Å². The van der Waals surface area contributed by atoms with Crippen molar-refractivity contribution in [1.29, 1.82) is 0 Å². The number of rotatable bonds is 9. The molecule has 2 aliphatic rings. The molecule has 73 heavy (non-hydrogen) atoms. The molecule has 358 valence electrons. The molecule has 3 heterocycles. The van der Waals surface area contributed by atoms with Gasteiger partial charge in [-0.2, -0.15) is 6.07 Å². The summed E-state index contributed by atoms with van der Waals surface area (Å²) in [5, 5.41) is 8.94. The van der Waals surface area contributed by atoms with Crippen molar-refractivity contribution in [2.24, 2.45) is 0 Å². The second-order valence-corrected chi connectivity index (χ2v) is 21.9. The van der Waals surface area contributed by atoms with Crippen LogP contribution < -0.4 is 25.6 Å². The maximum Gasteiger partial charge on any atom is 0.135 e. The van der Waals surface area contributed by atoms with E-state index in [-0.39, 0.29) is 26.5 Å². The third kappa shape index (κ3) is 7.47. The fraction of sp³-hybridized carbons (Fsp3) is 0.0909. The zero-order valence-electron chi connectivity index (χ0n) is 40.9. The molecule has 7 heteroatoms. The number of aromatic nitrogens is 2. The minimum atomic E-state index is -0.593. The molecule has 5 nitrogen and oxygen atoms in total. The molecular weight excluding hydrogens is 1090 g/mol. The van der Waals surface area contributed by atoms with Gasteiger partial charge in [-0.15, -0.1) is 35.9 Å². The van der Waals surface area contributed by atoms with E-state index in [0.29, 0.717) is 11.5 Å². The SMILES string of the molecule is [CH2-]N(c1ccccc1Nc1[c-]c(Oc2[c-]c3c4c(c2)C2(c5ccccc5P(C)c5ccccc52)c2cccc(c24)n3-c2cc(C(C)(C)C)ccn2)ccc1)c1c(-c2ccccc2)cccc1-c1ccccc1.[Pt]. The topological polar surface area (TPSA) is 42.3 Å². The van der Waals surface area contributed by atoms with Crippen LogP contribution in [0.5, 0.6) is 11.5 Å². The van der Waals surface area contributed by atoms with Gasteiger partial charge in [-0.3, -0.25) is 7.05 Å². The molecule has 0 unspecified atom stereocenters. The number of fused-ring (bicyclic) bond motifs is 6. The summed E-state index contributed by atoms with van der Waals surface area (Å²) in [6.07, 6.45) is 1.94. The quantitative estimate of drug-likeness (QED) is 0.116. The Labute approximate surface area is 443 Å². The van der Waals surface area contributed by atoms with Crippen molar-refractivity contribution in [3.05, 3.63) is 259 Å². The van der Waals surface area contributed by atoms with E-state index in [1.165, 1.54) is 49.2 Å². The third-order valence-electron chi connectivity index (χ3n) is 14.7. The van der Waals surface area contributed by atoms with Crippen molar-refractivity contribution >= 4 is 63.1 Å². The van der Waals surface area contributed by atoms with Gasteiger partial charge in [0.1, 0.15) is 5.82 Å². The molecule has 0 atom stereocenters. The number of nitrogens with one attached hydrogen (secondary N) is 1. The Hall–Kier alpha value is -7.55. The van der Waals surface area contributed by atoms with Gasteiger partial charge in [0.05, 0.1) is 5.69 Å². The molecule has 0 fully saturated rings. The van der Waals surface area contributed by atoms with Crippen LogP contribution in [0.4, 0.5) is 22.7 Å². The fourth-order valence-electron chi connectivity index (χ4n) is 11.5. The van der Waals surface area contributed by atoms with Gasteiger partial charge in [0.2, 0.25) is 0 Å². The van der Waals surface area contributed by atoms with Gasteiger partial charge < -0.3 is 19.5 Å². The molecule has 0 radical (unpaired) electrons. The Bertz CT molecular complexity index is 3810. The molecule has 2 aromatic heterocycles. The molecular formula is C66H50N4OPPt-3. The second-order valence-electron chi connectivity index (χ2n) is 19.8. The Kier molecular flexibility index (Phi) is 11.6. The van der Waals surface area contributed by atoms with Crippen LogP contribution in [0.15, 0.2) is 212 Å². The van der Waals surface area contributed by atoms with Gasteiger partial charge in [-0.1, -0.05) is 189 Å². The summed E-state index contributed by atoms with van der Waals surface area (Å²) in [5.41, 5.74) is 15.7. The van der Waals surface area contributed by atoms with Crippen LogP contribution in [0.1, 0.15) is 48.6 Å². The predicted molar refractivity (Wildman–Crippen MR) is 300 cm³/mol. The van der Waals surface area contributed by atoms with Gasteiger partial charge in [-0.05, 0) is 99.7 Å². The summed E-state index contributed by atoms with van der Waals surface area (Å²) < 4.78 is 9.36. The summed E-state index contributed by atoms with van der Waals surface area (Å²) in [6, 6.07) is 80.9. The Morgan fingerprint density at radius 2 is 1.21 bits per heavy atom. The number of ether oxygens (including phenoxy) is 1. The molecule has 9 aromatic carbocycles. The van der Waals surface area contributed by atoms with Crippen LogP contribution in [0.3, 0.4) is 0 Å². The fourth-order valence-corrected chi connectivity index (χ4v) is 13.6. The largest absolute Gasteiger partial charge is 0.509 e. The zero-order chi connectivity index (χ0) is 48.7. The van der Waals surface area contributed by atoms with Gasteiger partial charge in [0, 0.05) is 72.2 Å². The first kappa shape index (κ1) is 46.5. The van der Waals surface area contributed by atoms with E-state index >= 15 is 0 Å². The van der Waals surface area contributed by atoms with E-state index in [4.69, 9.17) is 16.8 Å². The Morgan fingerprint density at radius 1 is 0.603 bits per heavy atom. The van der Waals surface area contributed by atoms with Crippen molar-refractivity contribution in [1.82, 2.24) is 9.55 Å². The number of anilines is 4. The first-order valence-electron chi connectivity index (χ1n) is 24.5. The summed E-state index contributed by atoms with van der Waals surface area (Å²) in [5.74, 6) is 2.03. The molecule has 0 amide bonds. The average Bonchev–Trinajstić information content (AvgIpc) is 3.92. The number of nitrogens with zero attached hydrogens (tertiary/aromatic N) is 3. The Balaban J connectivity index is 0.00000543. The standard InChI is InChI=1S/C66H50N4OP.Pt/c1-65(2,3)45-37-38-67-61(39-45)70-57-34-20-31-53-62(57)63-54(66(53)51-29-12-16-35-59(51)72(5)60-36-17-13-30-52(60)66)41-48(42-58(63)70)71-47-26-18-25-46(40-47)68-55-32-14-15-33-56(55)69(4)64-49(43-21-8-6-9-22-43)27-19-28-50(64)44-23-10-7-11-24-44;/h6-39,41,68H,4H2,1-3,5H3;/q-3;. The summed E-state index contributed by atoms with van der Waals surface area (Å²) in [7, 11) is 4.15. The van der Waals surface area contributed by atoms with Gasteiger partial charge in [0.25, 0.3) is 0 Å². The summed E-state index contributed by atoms with van der Waals surface area (Å²) >= 11 is 0. The van der Waals surface area contributed by atoms with Crippen LogP contribution in [0.25, 0.3) is 49.9 Å². The molecule has 0 saturated heterocycles. The van der Waals surface area contributed by atoms with Gasteiger partial charge in [0.15, 0.2) is 0 Å². The molecule has 1 spiro atoms. The average molecular weight is 1140 g/mol. The van der Waals surface area contributed by atoms with Crippen molar-refractivity contribution in [3.8, 4) is 39.6 Å². The first-order valence-corrected chi connectivity index (χ1v) is 26.3. The van der Waals surface area contributed by atoms with Crippen molar-refractivity contribution < 1.29 is 25.8 Å². The van der Waals surface area contributed by atoms with Crippen LogP contribution in [0, 0.1) is 19.2 Å². The molecule has 1 N–H and O–H groups in total. The monoisotopic (exact) mass is 1140 g/mol. The molecule has 1 aliphatic heterocycles. The number of benzene rings is 9. The van der Waals surface area contributed by atoms with Gasteiger partial charge in [-0.25, -0.2) is 4.98 Å². The summed E-state index contributed by atoms with van der Waals surface area (Å²) in [4.78, 5) is 7.11. The zero-order valence-corrected chi connectivity index (χ0v) is 44.1. The van der Waals surface area contributed by atoms with Gasteiger partial charge >= 0.3 is 0 Å². The number of para-hydroxylation sites is 3. The van der Waals surface area contributed by atoms with E-state index in [2.05, 4.69) is 236 Å². The maximum atomic E-state index is 7.06. The van der Waals surface area contributed by atoms with Crippen LogP contribution >= 0.6 is 7.92 Å². The van der Waals surface area contributed by atoms with E-state index < -0.39 is 13.3 Å². The smallest absolute Gasteiger partial charge is 0.135 e. The minimum Gasteiger partial charge on any atom is -0.509 e. The van der Waals surface area contributed by atoms with Crippen LogP contribution in [-0.4, -0.2) is 16.2 Å². The number of hydrogen-bond acceptors (Lipinski definition) is 4. The number of pyridine rings is 1. The van der Waals surface area contributed by atoms with Crippen molar-refractivity contribution in [2.75, 3.05) is 16.9 Å². The second kappa shape index (κ2) is 18.2. The molecule has 11 aromatic rings. The van der Waals surface area contributed by atoms with E-state index in [1.54, 1.807) is 0 Å². The molecule has 13 rings (SSSR count). The number of hydrogen-bond donors (Lipinski definition) is 1. The van der Waals surface area contributed by atoms with Crippen molar-refractivity contribution in [2.45, 2.75) is 31.6 Å². The van der Waals surface area contributed by atoms with Crippen LogP contribution in [-0.2, 0) is 31.9 Å². The molecule has 1 aliphatic carbocycles. The maximum absolute atomic E-state index is 7.06. The third-order valence-corrected chi connectivity index (χ3v) is 16.9. The minimum absolute atomic E-state index is 0. The van der Waals surface area contributed by atoms with E-state index in [0.717, 1.165) is 61.9 Å². The Morgan fingerprint density at radius 3 is 1.89 bits per heavy atom. The first-order chi connectivity index (χ1) is 35.2.